The summed E-state index contributed by atoms with van der Waals surface area (Å²) in [6, 6.07) is 88.0. The van der Waals surface area contributed by atoms with Crippen molar-refractivity contribution in [2.75, 3.05) is 0 Å². The molecule has 0 bridgehead atoms. The number of pyridine rings is 1. The van der Waals surface area contributed by atoms with Gasteiger partial charge in [-0.2, -0.15) is 5.10 Å². The van der Waals surface area contributed by atoms with Crippen molar-refractivity contribution in [2.24, 2.45) is 0 Å². The molecule has 68 heavy (non-hydrogen) atoms. The third kappa shape index (κ3) is 6.76. The SMILES string of the molecule is c1ccc(-c2nc(-c3ccc(-c4ccc5cc(-c6ccccc6)n6nc(-c7ccccc7)c(-c7ccccc7)c6c5c4)cc3)cc(-c3cccc(-n4c5ccccc5c5ccccc54)c3)n2)cc1. The van der Waals surface area contributed by atoms with Crippen molar-refractivity contribution in [3.05, 3.63) is 249 Å². The Kier molecular flexibility index (Phi) is 9.43. The molecule has 0 radical (unpaired) electrons. The zero-order chi connectivity index (χ0) is 45.0. The fraction of sp³-hybridized carbons (Fsp3) is 0. The van der Waals surface area contributed by atoms with Crippen molar-refractivity contribution in [3.8, 4) is 84.4 Å². The summed E-state index contributed by atoms with van der Waals surface area (Å²) in [5.74, 6) is 0.683. The second kappa shape index (κ2) is 16.4. The van der Waals surface area contributed by atoms with E-state index in [1.165, 1.54) is 21.8 Å². The second-order valence-corrected chi connectivity index (χ2v) is 17.2. The van der Waals surface area contributed by atoms with Crippen LogP contribution >= 0.6 is 0 Å². The molecule has 0 saturated carbocycles. The summed E-state index contributed by atoms with van der Waals surface area (Å²) in [7, 11) is 0. The summed E-state index contributed by atoms with van der Waals surface area (Å²) in [6.07, 6.45) is 0. The van der Waals surface area contributed by atoms with Gasteiger partial charge in [-0.15, -0.1) is 0 Å². The van der Waals surface area contributed by atoms with Gasteiger partial charge >= 0.3 is 0 Å². The zero-order valence-electron chi connectivity index (χ0n) is 36.9. The summed E-state index contributed by atoms with van der Waals surface area (Å²) < 4.78 is 4.51. The zero-order valence-corrected chi connectivity index (χ0v) is 36.9. The van der Waals surface area contributed by atoms with Crippen molar-refractivity contribution in [1.29, 1.82) is 0 Å². The van der Waals surface area contributed by atoms with Crippen LogP contribution in [-0.4, -0.2) is 24.1 Å². The van der Waals surface area contributed by atoms with Crippen LogP contribution in [0.2, 0.25) is 0 Å². The molecule has 5 heteroatoms. The van der Waals surface area contributed by atoms with E-state index in [1.54, 1.807) is 0 Å². The molecule has 0 spiro atoms. The minimum Gasteiger partial charge on any atom is -0.309 e. The summed E-state index contributed by atoms with van der Waals surface area (Å²) >= 11 is 0. The Morgan fingerprint density at radius 2 is 0.853 bits per heavy atom. The Morgan fingerprint density at radius 3 is 1.51 bits per heavy atom. The Labute approximate surface area is 393 Å². The molecule has 13 rings (SSSR count). The average Bonchev–Trinajstić information content (AvgIpc) is 3.99. The predicted molar refractivity (Wildman–Crippen MR) is 281 cm³/mol. The van der Waals surface area contributed by atoms with E-state index in [1.807, 2.05) is 18.2 Å². The summed E-state index contributed by atoms with van der Waals surface area (Å²) in [6.45, 7) is 0. The van der Waals surface area contributed by atoms with Gasteiger partial charge in [0.15, 0.2) is 5.82 Å². The molecular formula is C63H41N5. The molecule has 318 valence electrons. The first-order chi connectivity index (χ1) is 33.7. The van der Waals surface area contributed by atoms with E-state index in [4.69, 9.17) is 15.1 Å². The molecule has 0 aliphatic heterocycles. The molecule has 0 saturated heterocycles. The third-order valence-electron chi connectivity index (χ3n) is 13.1. The Morgan fingerprint density at radius 1 is 0.324 bits per heavy atom. The highest BCUT2D eigenvalue weighted by molar-refractivity contribution is 6.10. The number of nitrogens with zero attached hydrogens (tertiary/aromatic N) is 5. The normalized spacial score (nSPS) is 11.5. The fourth-order valence-corrected chi connectivity index (χ4v) is 9.91. The van der Waals surface area contributed by atoms with Crippen LogP contribution in [0.3, 0.4) is 0 Å². The molecule has 0 fully saturated rings. The van der Waals surface area contributed by atoms with Gasteiger partial charge in [0.1, 0.15) is 5.69 Å². The number of hydrogen-bond donors (Lipinski definition) is 0. The third-order valence-corrected chi connectivity index (χ3v) is 13.1. The summed E-state index contributed by atoms with van der Waals surface area (Å²) in [5, 5.41) is 10.2. The first-order valence-electron chi connectivity index (χ1n) is 23.0. The average molecular weight is 868 g/mol. The van der Waals surface area contributed by atoms with Crippen molar-refractivity contribution < 1.29 is 0 Å². The summed E-state index contributed by atoms with van der Waals surface area (Å²) in [5.41, 5.74) is 17.9. The van der Waals surface area contributed by atoms with E-state index in [0.717, 1.165) is 94.8 Å². The van der Waals surface area contributed by atoms with Crippen LogP contribution < -0.4 is 0 Å². The largest absolute Gasteiger partial charge is 0.309 e. The number of hydrogen-bond acceptors (Lipinski definition) is 3. The number of para-hydroxylation sites is 2. The molecule has 9 aromatic carbocycles. The van der Waals surface area contributed by atoms with Gasteiger partial charge in [0, 0.05) is 55.2 Å². The van der Waals surface area contributed by atoms with Gasteiger partial charge in [-0.05, 0) is 64.5 Å². The van der Waals surface area contributed by atoms with Crippen LogP contribution in [0.25, 0.3) is 122 Å². The van der Waals surface area contributed by atoms with E-state index in [0.29, 0.717) is 5.82 Å². The quantitative estimate of drug-likeness (QED) is 0.153. The molecule has 13 aromatic rings. The van der Waals surface area contributed by atoms with Gasteiger partial charge in [-0.25, -0.2) is 14.5 Å². The highest BCUT2D eigenvalue weighted by Crippen LogP contribution is 2.42. The lowest BCUT2D eigenvalue weighted by atomic mass is 9.94. The molecule has 4 aromatic heterocycles. The highest BCUT2D eigenvalue weighted by Gasteiger charge is 2.22. The van der Waals surface area contributed by atoms with Gasteiger partial charge in [0.05, 0.1) is 33.6 Å². The smallest absolute Gasteiger partial charge is 0.160 e. The van der Waals surface area contributed by atoms with E-state index < -0.39 is 0 Å². The lowest BCUT2D eigenvalue weighted by Crippen LogP contribution is -1.98. The first-order valence-corrected chi connectivity index (χ1v) is 23.0. The molecular weight excluding hydrogens is 827 g/mol. The standard InChI is InChI=1S/C63H41N5/c1-5-18-44(19-6-1)59-40-49-37-36-48(39-54(49)62-60(45-20-7-2-8-21-45)61(66-68(59)62)46-22-9-3-10-23-46)42-32-34-43(35-33-42)55-41-56(65-63(64-55)47-24-11-4-12-25-47)50-26-17-27-51(38-50)67-57-30-15-13-28-52(57)53-29-14-16-31-58(53)67/h1-41H. The molecule has 5 nitrogen and oxygen atoms in total. The number of fused-ring (bicyclic) bond motifs is 6. The lowest BCUT2D eigenvalue weighted by molar-refractivity contribution is 0.979. The molecule has 0 N–H and O–H groups in total. The molecule has 0 unspecified atom stereocenters. The maximum absolute atomic E-state index is 5.44. The van der Waals surface area contributed by atoms with E-state index in [2.05, 4.69) is 240 Å². The topological polar surface area (TPSA) is 48.0 Å². The minimum atomic E-state index is 0.683. The molecule has 0 amide bonds. The van der Waals surface area contributed by atoms with Crippen molar-refractivity contribution in [1.82, 2.24) is 24.1 Å². The maximum atomic E-state index is 5.44. The van der Waals surface area contributed by atoms with Crippen LogP contribution in [0.5, 0.6) is 0 Å². The monoisotopic (exact) mass is 867 g/mol. The maximum Gasteiger partial charge on any atom is 0.160 e. The number of rotatable bonds is 8. The molecule has 0 aliphatic rings. The number of aromatic nitrogens is 5. The van der Waals surface area contributed by atoms with Gasteiger partial charge in [0.25, 0.3) is 0 Å². The Balaban J connectivity index is 0.938. The van der Waals surface area contributed by atoms with Crippen LogP contribution in [0.1, 0.15) is 0 Å². The minimum absolute atomic E-state index is 0.683. The second-order valence-electron chi connectivity index (χ2n) is 17.2. The van der Waals surface area contributed by atoms with Crippen molar-refractivity contribution >= 4 is 38.1 Å². The van der Waals surface area contributed by atoms with Crippen LogP contribution in [0.4, 0.5) is 0 Å². The fourth-order valence-electron chi connectivity index (χ4n) is 9.91. The van der Waals surface area contributed by atoms with Gasteiger partial charge in [0.2, 0.25) is 0 Å². The van der Waals surface area contributed by atoms with Crippen LogP contribution in [0.15, 0.2) is 249 Å². The van der Waals surface area contributed by atoms with Gasteiger partial charge < -0.3 is 4.57 Å². The van der Waals surface area contributed by atoms with E-state index >= 15 is 0 Å². The Bertz CT molecular complexity index is 3930. The van der Waals surface area contributed by atoms with Crippen LogP contribution in [-0.2, 0) is 0 Å². The first kappa shape index (κ1) is 39.2. The summed E-state index contributed by atoms with van der Waals surface area (Å²) in [4.78, 5) is 10.4. The predicted octanol–water partition coefficient (Wildman–Crippen LogP) is 16.0. The molecule has 0 aliphatic carbocycles. The van der Waals surface area contributed by atoms with Crippen molar-refractivity contribution in [3.63, 3.8) is 0 Å². The van der Waals surface area contributed by atoms with E-state index in [9.17, 15) is 0 Å². The van der Waals surface area contributed by atoms with Gasteiger partial charge in [-0.3, -0.25) is 0 Å². The Hall–Kier alpha value is -9.19. The number of benzene rings is 9. The van der Waals surface area contributed by atoms with E-state index in [-0.39, 0.29) is 0 Å². The van der Waals surface area contributed by atoms with Crippen molar-refractivity contribution in [2.45, 2.75) is 0 Å². The highest BCUT2D eigenvalue weighted by atomic mass is 15.2. The lowest BCUT2D eigenvalue weighted by Gasteiger charge is -2.13. The molecule has 4 heterocycles. The van der Waals surface area contributed by atoms with Crippen LogP contribution in [0, 0.1) is 0 Å². The van der Waals surface area contributed by atoms with Gasteiger partial charge in [-0.1, -0.05) is 206 Å². The molecule has 0 atom stereocenters.